The molecule has 4 heteroatoms. The van der Waals surface area contributed by atoms with E-state index in [1.54, 1.807) is 10.9 Å². The first-order valence-corrected chi connectivity index (χ1v) is 5.21. The van der Waals surface area contributed by atoms with Crippen molar-refractivity contribution in [3.63, 3.8) is 0 Å². The SMILES string of the molecule is Cn1cc(NCC(O)c2ccccc2)cn1. The summed E-state index contributed by atoms with van der Waals surface area (Å²) in [4.78, 5) is 0. The van der Waals surface area contributed by atoms with E-state index in [0.29, 0.717) is 6.54 Å². The molecule has 0 aliphatic rings. The highest BCUT2D eigenvalue weighted by Gasteiger charge is 2.06. The fraction of sp³-hybridized carbons (Fsp3) is 0.250. The first kappa shape index (κ1) is 10.7. The van der Waals surface area contributed by atoms with E-state index in [-0.39, 0.29) is 0 Å². The van der Waals surface area contributed by atoms with E-state index < -0.39 is 6.10 Å². The van der Waals surface area contributed by atoms with Crippen molar-refractivity contribution in [2.75, 3.05) is 11.9 Å². The zero-order valence-electron chi connectivity index (χ0n) is 9.17. The Kier molecular flexibility index (Phi) is 3.22. The van der Waals surface area contributed by atoms with Crippen molar-refractivity contribution < 1.29 is 5.11 Å². The lowest BCUT2D eigenvalue weighted by atomic mass is 10.1. The van der Waals surface area contributed by atoms with Gasteiger partial charge in [-0.3, -0.25) is 4.68 Å². The Balaban J connectivity index is 1.91. The Hall–Kier alpha value is -1.81. The molecular weight excluding hydrogens is 202 g/mol. The molecule has 2 N–H and O–H groups in total. The number of benzene rings is 1. The van der Waals surface area contributed by atoms with E-state index >= 15 is 0 Å². The van der Waals surface area contributed by atoms with Crippen LogP contribution in [0, 0.1) is 0 Å². The lowest BCUT2D eigenvalue weighted by Gasteiger charge is -2.11. The van der Waals surface area contributed by atoms with E-state index in [0.717, 1.165) is 11.3 Å². The molecule has 0 amide bonds. The quantitative estimate of drug-likeness (QED) is 0.817. The minimum Gasteiger partial charge on any atom is -0.387 e. The van der Waals surface area contributed by atoms with Crippen LogP contribution in [0.3, 0.4) is 0 Å². The predicted molar refractivity (Wildman–Crippen MR) is 63.1 cm³/mol. The van der Waals surface area contributed by atoms with E-state index in [4.69, 9.17) is 0 Å². The molecule has 2 aromatic rings. The summed E-state index contributed by atoms with van der Waals surface area (Å²) in [5.74, 6) is 0. The Labute approximate surface area is 94.5 Å². The van der Waals surface area contributed by atoms with Crippen LogP contribution in [0.2, 0.25) is 0 Å². The number of hydrogen-bond donors (Lipinski definition) is 2. The molecule has 0 saturated heterocycles. The molecule has 1 aromatic carbocycles. The average Bonchev–Trinajstić information content (AvgIpc) is 2.73. The number of aliphatic hydroxyl groups excluding tert-OH is 1. The highest BCUT2D eigenvalue weighted by atomic mass is 16.3. The number of aryl methyl sites for hydroxylation is 1. The van der Waals surface area contributed by atoms with Crippen LogP contribution in [0.15, 0.2) is 42.7 Å². The van der Waals surface area contributed by atoms with Crippen molar-refractivity contribution in [1.82, 2.24) is 9.78 Å². The molecule has 1 unspecified atom stereocenters. The molecule has 1 aromatic heterocycles. The molecule has 0 fully saturated rings. The molecule has 0 aliphatic heterocycles. The summed E-state index contributed by atoms with van der Waals surface area (Å²) in [6.45, 7) is 0.482. The number of hydrogen-bond acceptors (Lipinski definition) is 3. The van der Waals surface area contributed by atoms with Gasteiger partial charge in [0.2, 0.25) is 0 Å². The van der Waals surface area contributed by atoms with Crippen molar-refractivity contribution in [1.29, 1.82) is 0 Å². The van der Waals surface area contributed by atoms with Crippen molar-refractivity contribution >= 4 is 5.69 Å². The Bertz CT molecular complexity index is 439. The lowest BCUT2D eigenvalue weighted by Crippen LogP contribution is -2.11. The summed E-state index contributed by atoms with van der Waals surface area (Å²) in [5, 5.41) is 17.1. The fourth-order valence-corrected chi connectivity index (χ4v) is 1.52. The molecule has 4 nitrogen and oxygen atoms in total. The van der Waals surface area contributed by atoms with Gasteiger partial charge in [0.1, 0.15) is 0 Å². The molecule has 0 aliphatic carbocycles. The van der Waals surface area contributed by atoms with E-state index in [1.165, 1.54) is 0 Å². The summed E-state index contributed by atoms with van der Waals surface area (Å²) in [5.41, 5.74) is 1.83. The number of aliphatic hydroxyl groups is 1. The standard InChI is InChI=1S/C12H15N3O/c1-15-9-11(7-14-15)13-8-12(16)10-5-3-2-4-6-10/h2-7,9,12-13,16H,8H2,1H3. The summed E-state index contributed by atoms with van der Waals surface area (Å²) in [6, 6.07) is 9.60. The second-order valence-corrected chi connectivity index (χ2v) is 3.71. The maximum Gasteiger partial charge on any atom is 0.0962 e. The molecular formula is C12H15N3O. The Morgan fingerprint density at radius 3 is 2.75 bits per heavy atom. The van der Waals surface area contributed by atoms with Crippen LogP contribution in [0.25, 0.3) is 0 Å². The highest BCUT2D eigenvalue weighted by Crippen LogP contribution is 2.13. The van der Waals surface area contributed by atoms with Crippen molar-refractivity contribution in [3.8, 4) is 0 Å². The smallest absolute Gasteiger partial charge is 0.0962 e. The zero-order chi connectivity index (χ0) is 11.4. The third-order valence-electron chi connectivity index (χ3n) is 2.39. The Morgan fingerprint density at radius 1 is 1.38 bits per heavy atom. The van der Waals surface area contributed by atoms with Crippen LogP contribution in [-0.4, -0.2) is 21.4 Å². The predicted octanol–water partition coefficient (Wildman–Crippen LogP) is 1.57. The fourth-order valence-electron chi connectivity index (χ4n) is 1.52. The topological polar surface area (TPSA) is 50.1 Å². The molecule has 0 radical (unpaired) electrons. The van der Waals surface area contributed by atoms with Gasteiger partial charge in [-0.05, 0) is 5.56 Å². The molecule has 0 bridgehead atoms. The normalized spacial score (nSPS) is 12.4. The molecule has 2 rings (SSSR count). The van der Waals surface area contributed by atoms with Crippen molar-refractivity contribution in [2.24, 2.45) is 7.05 Å². The molecule has 16 heavy (non-hydrogen) atoms. The van der Waals surface area contributed by atoms with E-state index in [2.05, 4.69) is 10.4 Å². The number of rotatable bonds is 4. The first-order valence-electron chi connectivity index (χ1n) is 5.21. The third kappa shape index (κ3) is 2.61. The summed E-state index contributed by atoms with van der Waals surface area (Å²) >= 11 is 0. The minimum atomic E-state index is -0.499. The van der Waals surface area contributed by atoms with Gasteiger partial charge in [0.25, 0.3) is 0 Å². The lowest BCUT2D eigenvalue weighted by molar-refractivity contribution is 0.191. The number of anilines is 1. The van der Waals surface area contributed by atoms with Crippen LogP contribution < -0.4 is 5.32 Å². The van der Waals surface area contributed by atoms with Crippen LogP contribution in [0.5, 0.6) is 0 Å². The molecule has 0 spiro atoms. The highest BCUT2D eigenvalue weighted by molar-refractivity contribution is 5.38. The largest absolute Gasteiger partial charge is 0.387 e. The van der Waals surface area contributed by atoms with Gasteiger partial charge in [0.15, 0.2) is 0 Å². The van der Waals surface area contributed by atoms with Gasteiger partial charge < -0.3 is 10.4 Å². The van der Waals surface area contributed by atoms with Crippen molar-refractivity contribution in [2.45, 2.75) is 6.10 Å². The summed E-state index contributed by atoms with van der Waals surface area (Å²) in [7, 11) is 1.86. The van der Waals surface area contributed by atoms with Crippen molar-refractivity contribution in [3.05, 3.63) is 48.3 Å². The number of nitrogens with zero attached hydrogens (tertiary/aromatic N) is 2. The maximum atomic E-state index is 9.90. The van der Waals surface area contributed by atoms with Gasteiger partial charge in [-0.1, -0.05) is 30.3 Å². The maximum absolute atomic E-state index is 9.90. The molecule has 1 atom stereocenters. The van der Waals surface area contributed by atoms with Gasteiger partial charge in [-0.2, -0.15) is 5.10 Å². The second kappa shape index (κ2) is 4.81. The van der Waals surface area contributed by atoms with Crippen LogP contribution in [0.1, 0.15) is 11.7 Å². The summed E-state index contributed by atoms with van der Waals surface area (Å²) < 4.78 is 1.72. The van der Waals surface area contributed by atoms with Gasteiger partial charge in [-0.15, -0.1) is 0 Å². The monoisotopic (exact) mass is 217 g/mol. The van der Waals surface area contributed by atoms with Gasteiger partial charge >= 0.3 is 0 Å². The zero-order valence-corrected chi connectivity index (χ0v) is 9.17. The van der Waals surface area contributed by atoms with Gasteiger partial charge in [0.05, 0.1) is 18.0 Å². The average molecular weight is 217 g/mol. The minimum absolute atomic E-state index is 0.482. The van der Waals surface area contributed by atoms with Gasteiger partial charge in [0, 0.05) is 19.8 Å². The number of aromatic nitrogens is 2. The van der Waals surface area contributed by atoms with Crippen LogP contribution >= 0.6 is 0 Å². The third-order valence-corrected chi connectivity index (χ3v) is 2.39. The van der Waals surface area contributed by atoms with Crippen LogP contribution in [0.4, 0.5) is 5.69 Å². The van der Waals surface area contributed by atoms with Crippen LogP contribution in [-0.2, 0) is 7.05 Å². The summed E-state index contributed by atoms with van der Waals surface area (Å²) in [6.07, 6.45) is 3.11. The second-order valence-electron chi connectivity index (χ2n) is 3.71. The molecule has 0 saturated carbocycles. The first-order chi connectivity index (χ1) is 7.75. The number of nitrogens with one attached hydrogen (secondary N) is 1. The van der Waals surface area contributed by atoms with E-state index in [9.17, 15) is 5.11 Å². The Morgan fingerprint density at radius 2 is 2.12 bits per heavy atom. The molecule has 84 valence electrons. The molecule has 1 heterocycles. The van der Waals surface area contributed by atoms with Gasteiger partial charge in [-0.25, -0.2) is 0 Å². The van der Waals surface area contributed by atoms with E-state index in [1.807, 2.05) is 43.6 Å².